The first-order valence-corrected chi connectivity index (χ1v) is 11.2. The Balaban J connectivity index is 1.43. The average Bonchev–Trinajstić information content (AvgIpc) is 3.33. The van der Waals surface area contributed by atoms with Gasteiger partial charge in [0.15, 0.2) is 0 Å². The van der Waals surface area contributed by atoms with Crippen molar-refractivity contribution >= 4 is 29.3 Å². The molecular weight excluding hydrogens is 454 g/mol. The highest BCUT2D eigenvalue weighted by molar-refractivity contribution is 8.00. The zero-order valence-corrected chi connectivity index (χ0v) is 18.6. The third kappa shape index (κ3) is 5.48. The van der Waals surface area contributed by atoms with Gasteiger partial charge in [-0.1, -0.05) is 48.5 Å². The molecule has 0 aliphatic heterocycles. The SMILES string of the molecule is O=C(CSc1ccc([N+](=O)[O-])cc1)NNC(=O)c1cn(-c2ccccc2)nc1-c1ccccc1. The maximum Gasteiger partial charge on any atom is 0.273 e. The Morgan fingerprint density at radius 2 is 1.56 bits per heavy atom. The highest BCUT2D eigenvalue weighted by Gasteiger charge is 2.19. The van der Waals surface area contributed by atoms with E-state index in [9.17, 15) is 19.7 Å². The molecule has 4 rings (SSSR count). The van der Waals surface area contributed by atoms with Gasteiger partial charge in [-0.05, 0) is 24.3 Å². The van der Waals surface area contributed by atoms with Crippen molar-refractivity contribution in [3.63, 3.8) is 0 Å². The molecule has 0 saturated heterocycles. The van der Waals surface area contributed by atoms with E-state index in [1.165, 1.54) is 23.9 Å². The van der Waals surface area contributed by atoms with Crippen molar-refractivity contribution in [2.45, 2.75) is 4.90 Å². The molecule has 0 bridgehead atoms. The van der Waals surface area contributed by atoms with Crippen LogP contribution in [0.5, 0.6) is 0 Å². The number of aromatic nitrogens is 2. The Labute approximate surface area is 198 Å². The monoisotopic (exact) mass is 473 g/mol. The number of nitro groups is 1. The van der Waals surface area contributed by atoms with Crippen LogP contribution in [0.25, 0.3) is 16.9 Å². The van der Waals surface area contributed by atoms with Gasteiger partial charge in [0.2, 0.25) is 5.91 Å². The maximum atomic E-state index is 12.9. The summed E-state index contributed by atoms with van der Waals surface area (Å²) >= 11 is 1.20. The number of hydrogen-bond donors (Lipinski definition) is 2. The number of carbonyl (C=O) groups excluding carboxylic acids is 2. The quantitative estimate of drug-likeness (QED) is 0.238. The Bertz CT molecular complexity index is 1310. The number of rotatable bonds is 7. The molecule has 3 aromatic carbocycles. The highest BCUT2D eigenvalue weighted by Crippen LogP contribution is 2.24. The second-order valence-corrected chi connectivity index (χ2v) is 8.13. The summed E-state index contributed by atoms with van der Waals surface area (Å²) in [6, 6.07) is 24.6. The lowest BCUT2D eigenvalue weighted by molar-refractivity contribution is -0.384. The van der Waals surface area contributed by atoms with Crippen LogP contribution in [0.4, 0.5) is 5.69 Å². The van der Waals surface area contributed by atoms with Crippen molar-refractivity contribution in [2.24, 2.45) is 0 Å². The van der Waals surface area contributed by atoms with Gasteiger partial charge in [-0.25, -0.2) is 4.68 Å². The number of nitrogens with zero attached hydrogens (tertiary/aromatic N) is 3. The van der Waals surface area contributed by atoms with Crippen LogP contribution >= 0.6 is 11.8 Å². The molecule has 9 nitrogen and oxygen atoms in total. The second kappa shape index (κ2) is 10.5. The number of non-ortho nitro benzene ring substituents is 1. The number of hydrogen-bond acceptors (Lipinski definition) is 6. The van der Waals surface area contributed by atoms with Gasteiger partial charge in [-0.15, -0.1) is 11.8 Å². The van der Waals surface area contributed by atoms with Crippen molar-refractivity contribution < 1.29 is 14.5 Å². The molecular formula is C24H19N5O4S. The van der Waals surface area contributed by atoms with E-state index in [4.69, 9.17) is 0 Å². The summed E-state index contributed by atoms with van der Waals surface area (Å²) in [5.74, 6) is -0.907. The van der Waals surface area contributed by atoms with Gasteiger partial charge in [-0.2, -0.15) is 5.10 Å². The van der Waals surface area contributed by atoms with E-state index in [-0.39, 0.29) is 11.4 Å². The lowest BCUT2D eigenvalue weighted by Crippen LogP contribution is -2.42. The summed E-state index contributed by atoms with van der Waals surface area (Å²) in [6.45, 7) is 0. The smallest absolute Gasteiger partial charge is 0.272 e. The zero-order valence-electron chi connectivity index (χ0n) is 17.8. The molecule has 0 atom stereocenters. The summed E-state index contributed by atoms with van der Waals surface area (Å²) in [5.41, 5.74) is 7.17. The molecule has 34 heavy (non-hydrogen) atoms. The van der Waals surface area contributed by atoms with E-state index in [1.54, 1.807) is 23.0 Å². The molecule has 0 aliphatic carbocycles. The van der Waals surface area contributed by atoms with Gasteiger partial charge >= 0.3 is 0 Å². The van der Waals surface area contributed by atoms with E-state index < -0.39 is 16.7 Å². The summed E-state index contributed by atoms with van der Waals surface area (Å²) < 4.78 is 1.61. The van der Waals surface area contributed by atoms with E-state index in [0.717, 1.165) is 11.3 Å². The lowest BCUT2D eigenvalue weighted by atomic mass is 10.1. The molecule has 1 aromatic heterocycles. The van der Waals surface area contributed by atoms with Crippen molar-refractivity contribution in [3.8, 4) is 16.9 Å². The lowest BCUT2D eigenvalue weighted by Gasteiger charge is -2.07. The normalized spacial score (nSPS) is 10.5. The number of para-hydroxylation sites is 1. The van der Waals surface area contributed by atoms with Crippen molar-refractivity contribution in [2.75, 3.05) is 5.75 Å². The van der Waals surface area contributed by atoms with E-state index in [0.29, 0.717) is 16.2 Å². The van der Waals surface area contributed by atoms with Gasteiger partial charge in [0, 0.05) is 28.8 Å². The van der Waals surface area contributed by atoms with Crippen LogP contribution in [0.2, 0.25) is 0 Å². The number of amides is 2. The summed E-state index contributed by atoms with van der Waals surface area (Å²) in [7, 11) is 0. The molecule has 0 spiro atoms. The van der Waals surface area contributed by atoms with E-state index in [2.05, 4.69) is 16.0 Å². The molecule has 2 N–H and O–H groups in total. The van der Waals surface area contributed by atoms with Gasteiger partial charge in [0.05, 0.1) is 21.9 Å². The third-order valence-corrected chi connectivity index (χ3v) is 5.77. The average molecular weight is 474 g/mol. The Morgan fingerprint density at radius 1 is 0.912 bits per heavy atom. The van der Waals surface area contributed by atoms with Crippen LogP contribution in [-0.2, 0) is 4.79 Å². The van der Waals surface area contributed by atoms with Crippen molar-refractivity contribution in [3.05, 3.63) is 107 Å². The Hall–Kier alpha value is -4.44. The number of benzene rings is 3. The minimum absolute atomic E-state index is 0.0207. The number of nitrogens with one attached hydrogen (secondary N) is 2. The third-order valence-electron chi connectivity index (χ3n) is 4.76. The van der Waals surface area contributed by atoms with Crippen LogP contribution in [0.3, 0.4) is 0 Å². The highest BCUT2D eigenvalue weighted by atomic mass is 32.2. The Kier molecular flexibility index (Phi) is 6.99. The molecule has 0 saturated carbocycles. The first-order valence-electron chi connectivity index (χ1n) is 10.2. The molecule has 0 fully saturated rings. The van der Waals surface area contributed by atoms with Gasteiger partial charge in [0.1, 0.15) is 5.69 Å². The minimum Gasteiger partial charge on any atom is -0.272 e. The predicted octanol–water partition coefficient (Wildman–Crippen LogP) is 4.00. The fourth-order valence-corrected chi connectivity index (χ4v) is 3.80. The first kappa shape index (κ1) is 22.7. The number of thioether (sulfide) groups is 1. The number of carbonyl (C=O) groups is 2. The zero-order chi connectivity index (χ0) is 23.9. The second-order valence-electron chi connectivity index (χ2n) is 7.08. The standard InChI is InChI=1S/C24H19N5O4S/c30-22(16-34-20-13-11-19(12-14-20)29(32)33)25-26-24(31)21-15-28(18-9-5-2-6-10-18)27-23(21)17-7-3-1-4-8-17/h1-15H,16H2,(H,25,30)(H,26,31). The molecule has 0 radical (unpaired) electrons. The maximum absolute atomic E-state index is 12.9. The van der Waals surface area contributed by atoms with E-state index in [1.807, 2.05) is 60.7 Å². The van der Waals surface area contributed by atoms with Crippen LogP contribution in [-0.4, -0.2) is 32.3 Å². The Morgan fingerprint density at radius 3 is 2.21 bits per heavy atom. The minimum atomic E-state index is -0.505. The summed E-state index contributed by atoms with van der Waals surface area (Å²) in [4.78, 5) is 36.1. The van der Waals surface area contributed by atoms with Gasteiger partial charge in [-0.3, -0.25) is 30.6 Å². The van der Waals surface area contributed by atoms with Crippen LogP contribution < -0.4 is 10.9 Å². The molecule has 10 heteroatoms. The van der Waals surface area contributed by atoms with Crippen LogP contribution in [0.15, 0.2) is 96.0 Å². The first-order chi connectivity index (χ1) is 16.5. The molecule has 4 aromatic rings. The molecule has 170 valence electrons. The molecule has 2 amide bonds. The van der Waals surface area contributed by atoms with Crippen LogP contribution in [0.1, 0.15) is 10.4 Å². The number of hydrazine groups is 1. The van der Waals surface area contributed by atoms with Gasteiger partial charge in [0.25, 0.3) is 11.6 Å². The predicted molar refractivity (Wildman–Crippen MR) is 128 cm³/mol. The fourth-order valence-electron chi connectivity index (χ4n) is 3.11. The van der Waals surface area contributed by atoms with E-state index >= 15 is 0 Å². The largest absolute Gasteiger partial charge is 0.273 e. The molecule has 0 unspecified atom stereocenters. The summed E-state index contributed by atoms with van der Waals surface area (Å²) in [6.07, 6.45) is 1.62. The topological polar surface area (TPSA) is 119 Å². The van der Waals surface area contributed by atoms with Crippen molar-refractivity contribution in [1.29, 1.82) is 0 Å². The summed E-state index contributed by atoms with van der Waals surface area (Å²) in [5, 5.41) is 15.3. The van der Waals surface area contributed by atoms with Crippen LogP contribution in [0, 0.1) is 10.1 Å². The molecule has 1 heterocycles. The molecule has 0 aliphatic rings. The van der Waals surface area contributed by atoms with Crippen molar-refractivity contribution in [1.82, 2.24) is 20.6 Å². The van der Waals surface area contributed by atoms with Gasteiger partial charge < -0.3 is 0 Å². The fraction of sp³-hybridized carbons (Fsp3) is 0.0417. The number of nitro benzene ring substituents is 1.